The second-order valence-electron chi connectivity index (χ2n) is 8.32. The van der Waals surface area contributed by atoms with E-state index in [1.807, 2.05) is 51.1 Å². The summed E-state index contributed by atoms with van der Waals surface area (Å²) in [5.74, 6) is -2.02. The number of ketones is 1. The van der Waals surface area contributed by atoms with Crippen LogP contribution in [0.1, 0.15) is 40.0 Å². The summed E-state index contributed by atoms with van der Waals surface area (Å²) in [6, 6.07) is 9.35. The van der Waals surface area contributed by atoms with E-state index in [1.165, 1.54) is 11.3 Å². The molecule has 4 nitrogen and oxygen atoms in total. The number of carbonyl (C=O) groups is 1. The Morgan fingerprint density at radius 2 is 1.86 bits per heavy atom. The second kappa shape index (κ2) is 8.26. The van der Waals surface area contributed by atoms with Crippen LogP contribution < -0.4 is 5.43 Å². The van der Waals surface area contributed by atoms with E-state index in [0.717, 1.165) is 5.56 Å². The number of benzene rings is 1. The van der Waals surface area contributed by atoms with Gasteiger partial charge in [-0.3, -0.25) is 10.2 Å². The highest BCUT2D eigenvalue weighted by Gasteiger charge is 2.48. The largest absolute Gasteiger partial charge is 0.431 e. The summed E-state index contributed by atoms with van der Waals surface area (Å²) in [6.07, 6.45) is -3.33. The van der Waals surface area contributed by atoms with E-state index in [1.54, 1.807) is 5.38 Å². The van der Waals surface area contributed by atoms with Crippen LogP contribution in [0.25, 0.3) is 11.3 Å². The Bertz CT molecular complexity index is 885. The molecule has 0 bridgehead atoms. The number of aromatic nitrogens is 1. The number of hydrogen-bond donors (Lipinski definition) is 1. The lowest BCUT2D eigenvalue weighted by atomic mass is 9.67. The quantitative estimate of drug-likeness (QED) is 0.472. The summed E-state index contributed by atoms with van der Waals surface area (Å²) in [5, 5.41) is 5.63. The molecule has 2 unspecified atom stereocenters. The van der Waals surface area contributed by atoms with Crippen LogP contribution in [0.3, 0.4) is 0 Å². The number of hydrazone groups is 1. The Hall–Kier alpha value is -2.22. The van der Waals surface area contributed by atoms with Crippen molar-refractivity contribution < 1.29 is 18.0 Å². The molecule has 0 aliphatic heterocycles. The highest BCUT2D eigenvalue weighted by Crippen LogP contribution is 2.40. The first-order valence-electron chi connectivity index (χ1n) is 9.53. The van der Waals surface area contributed by atoms with Crippen LogP contribution in [-0.2, 0) is 4.79 Å². The van der Waals surface area contributed by atoms with Gasteiger partial charge in [-0.15, -0.1) is 11.3 Å². The van der Waals surface area contributed by atoms with Crippen LogP contribution in [0.15, 0.2) is 40.8 Å². The van der Waals surface area contributed by atoms with Crippen LogP contribution in [-0.4, -0.2) is 22.7 Å². The molecule has 0 saturated heterocycles. The first-order chi connectivity index (χ1) is 13.6. The number of thiazole rings is 1. The molecule has 2 atom stereocenters. The number of alkyl halides is 3. The van der Waals surface area contributed by atoms with Gasteiger partial charge in [0.25, 0.3) is 0 Å². The van der Waals surface area contributed by atoms with Gasteiger partial charge in [-0.1, -0.05) is 57.5 Å². The third-order valence-electron chi connectivity index (χ3n) is 5.18. The molecule has 29 heavy (non-hydrogen) atoms. The molecule has 3 rings (SSSR count). The Labute approximate surface area is 172 Å². The van der Waals surface area contributed by atoms with Crippen molar-refractivity contribution in [2.45, 2.75) is 46.2 Å². The molecule has 1 aliphatic carbocycles. The maximum Gasteiger partial charge on any atom is 0.431 e. The smallest absolute Gasteiger partial charge is 0.299 e. The molecule has 1 aromatic heterocycles. The molecule has 0 radical (unpaired) electrons. The SMILES string of the molecule is CC(C)(C)C1CCCC(/C(=N\Nc2nc(-c3ccccc3)cs2)C(F)(F)F)C1=O. The summed E-state index contributed by atoms with van der Waals surface area (Å²) < 4.78 is 41.2. The zero-order valence-corrected chi connectivity index (χ0v) is 17.4. The molecule has 1 aliphatic rings. The minimum Gasteiger partial charge on any atom is -0.299 e. The lowest BCUT2D eigenvalue weighted by molar-refractivity contribution is -0.132. The van der Waals surface area contributed by atoms with Gasteiger partial charge in [0, 0.05) is 16.9 Å². The minimum atomic E-state index is -4.69. The van der Waals surface area contributed by atoms with Crippen molar-refractivity contribution in [2.75, 3.05) is 5.43 Å². The molecule has 1 N–H and O–H groups in total. The normalized spacial score (nSPS) is 21.3. The van der Waals surface area contributed by atoms with Crippen molar-refractivity contribution in [3.63, 3.8) is 0 Å². The highest BCUT2D eigenvalue weighted by atomic mass is 32.1. The number of Topliss-reactive ketones (excluding diaryl/α,β-unsaturated/α-hetero) is 1. The second-order valence-corrected chi connectivity index (χ2v) is 9.17. The van der Waals surface area contributed by atoms with Gasteiger partial charge in [-0.25, -0.2) is 4.98 Å². The van der Waals surface area contributed by atoms with Crippen LogP contribution >= 0.6 is 11.3 Å². The van der Waals surface area contributed by atoms with Gasteiger partial charge in [0.1, 0.15) is 5.78 Å². The third-order valence-corrected chi connectivity index (χ3v) is 5.93. The highest BCUT2D eigenvalue weighted by molar-refractivity contribution is 7.14. The van der Waals surface area contributed by atoms with Gasteiger partial charge in [0.2, 0.25) is 5.13 Å². The van der Waals surface area contributed by atoms with Crippen LogP contribution in [0, 0.1) is 17.3 Å². The molecule has 8 heteroatoms. The lowest BCUT2D eigenvalue weighted by Gasteiger charge is -2.36. The third kappa shape index (κ3) is 5.04. The number of halogens is 3. The monoisotopic (exact) mass is 423 g/mol. The Morgan fingerprint density at radius 3 is 2.48 bits per heavy atom. The number of hydrogen-bond acceptors (Lipinski definition) is 5. The van der Waals surface area contributed by atoms with Gasteiger partial charge in [-0.2, -0.15) is 18.3 Å². The maximum atomic E-state index is 13.7. The van der Waals surface area contributed by atoms with E-state index in [-0.39, 0.29) is 22.8 Å². The number of carbonyl (C=O) groups excluding carboxylic acids is 1. The Kier molecular flexibility index (Phi) is 6.12. The van der Waals surface area contributed by atoms with Crippen molar-refractivity contribution in [1.82, 2.24) is 4.98 Å². The number of anilines is 1. The zero-order chi connectivity index (χ0) is 21.2. The number of nitrogens with one attached hydrogen (secondary N) is 1. The first-order valence-corrected chi connectivity index (χ1v) is 10.4. The van der Waals surface area contributed by atoms with Crippen molar-refractivity contribution in [2.24, 2.45) is 22.4 Å². The van der Waals surface area contributed by atoms with E-state index >= 15 is 0 Å². The molecule has 1 heterocycles. The average Bonchev–Trinajstić information content (AvgIpc) is 3.11. The standard InChI is InChI=1S/C21H24F3N3OS/c1-20(2,3)15-11-7-10-14(17(15)28)18(21(22,23)24)26-27-19-25-16(12-29-19)13-8-5-4-6-9-13/h4-6,8-9,12,14-15H,7,10-11H2,1-3H3,(H,25,27)/b26-18+. The Morgan fingerprint density at radius 1 is 1.17 bits per heavy atom. The van der Waals surface area contributed by atoms with Crippen LogP contribution in [0.5, 0.6) is 0 Å². The predicted octanol–water partition coefficient (Wildman–Crippen LogP) is 6.17. The summed E-state index contributed by atoms with van der Waals surface area (Å²) in [5.41, 5.74) is 2.52. The van der Waals surface area contributed by atoms with E-state index < -0.39 is 23.7 Å². The fourth-order valence-electron chi connectivity index (χ4n) is 3.70. The lowest BCUT2D eigenvalue weighted by Crippen LogP contribution is -2.44. The van der Waals surface area contributed by atoms with Gasteiger partial charge in [0.15, 0.2) is 5.71 Å². The van der Waals surface area contributed by atoms with Crippen LogP contribution in [0.2, 0.25) is 0 Å². The maximum absolute atomic E-state index is 13.7. The molecule has 1 saturated carbocycles. The van der Waals surface area contributed by atoms with Crippen molar-refractivity contribution >= 4 is 28.0 Å². The fraction of sp³-hybridized carbons (Fsp3) is 0.476. The Balaban J connectivity index is 1.84. The van der Waals surface area contributed by atoms with Crippen LogP contribution in [0.4, 0.5) is 18.3 Å². The summed E-state index contributed by atoms with van der Waals surface area (Å²) in [4.78, 5) is 17.1. The molecule has 156 valence electrons. The molecule has 1 aromatic carbocycles. The van der Waals surface area contributed by atoms with Gasteiger partial charge in [0.05, 0.1) is 11.6 Å². The first kappa shape index (κ1) is 21.5. The number of rotatable bonds is 4. The summed E-state index contributed by atoms with van der Waals surface area (Å²) in [7, 11) is 0. The molecule has 2 aromatic rings. The van der Waals surface area contributed by atoms with Gasteiger partial charge >= 0.3 is 6.18 Å². The summed E-state index contributed by atoms with van der Waals surface area (Å²) >= 11 is 1.17. The number of nitrogens with zero attached hydrogens (tertiary/aromatic N) is 2. The van der Waals surface area contributed by atoms with Crippen molar-refractivity contribution in [1.29, 1.82) is 0 Å². The predicted molar refractivity (Wildman–Crippen MR) is 110 cm³/mol. The minimum absolute atomic E-state index is 0.165. The van der Waals surface area contributed by atoms with Gasteiger partial charge < -0.3 is 0 Å². The summed E-state index contributed by atoms with van der Waals surface area (Å²) in [6.45, 7) is 5.67. The van der Waals surface area contributed by atoms with Gasteiger partial charge in [-0.05, 0) is 18.3 Å². The van der Waals surface area contributed by atoms with Crippen molar-refractivity contribution in [3.8, 4) is 11.3 Å². The fourth-order valence-corrected chi connectivity index (χ4v) is 4.36. The molecule has 1 fully saturated rings. The average molecular weight is 424 g/mol. The molecular weight excluding hydrogens is 399 g/mol. The van der Waals surface area contributed by atoms with E-state index in [4.69, 9.17) is 0 Å². The molecule has 0 amide bonds. The zero-order valence-electron chi connectivity index (χ0n) is 16.6. The topological polar surface area (TPSA) is 54.4 Å². The molecule has 0 spiro atoms. The van der Waals surface area contributed by atoms with E-state index in [2.05, 4.69) is 15.5 Å². The van der Waals surface area contributed by atoms with Crippen molar-refractivity contribution in [3.05, 3.63) is 35.7 Å². The van der Waals surface area contributed by atoms with E-state index in [9.17, 15) is 18.0 Å². The van der Waals surface area contributed by atoms with E-state index in [0.29, 0.717) is 18.5 Å². The molecular formula is C21H24F3N3OS.